The molecule has 0 fully saturated rings. The van der Waals surface area contributed by atoms with E-state index in [1.54, 1.807) is 6.92 Å². The van der Waals surface area contributed by atoms with Crippen LogP contribution in [-0.2, 0) is 16.1 Å². The summed E-state index contributed by atoms with van der Waals surface area (Å²) in [7, 11) is 0. The summed E-state index contributed by atoms with van der Waals surface area (Å²) in [6.07, 6.45) is 1.04. The smallest absolute Gasteiger partial charge is 0.331 e. The van der Waals surface area contributed by atoms with E-state index in [0.717, 1.165) is 11.6 Å². The molecule has 1 aromatic rings. The van der Waals surface area contributed by atoms with E-state index in [9.17, 15) is 4.79 Å². The molecule has 0 unspecified atom stereocenters. The van der Waals surface area contributed by atoms with Gasteiger partial charge in [0.25, 0.3) is 0 Å². The van der Waals surface area contributed by atoms with E-state index >= 15 is 0 Å². The third kappa shape index (κ3) is 3.76. The van der Waals surface area contributed by atoms with Crippen LogP contribution < -0.4 is 0 Å². The van der Waals surface area contributed by atoms with Gasteiger partial charge in [-0.15, -0.1) is 0 Å². The summed E-state index contributed by atoms with van der Waals surface area (Å²) in [5, 5.41) is 8.42. The highest BCUT2D eigenvalue weighted by molar-refractivity contribution is 5.80. The second-order valence-electron chi connectivity index (χ2n) is 2.87. The average Bonchev–Trinajstić information content (AvgIpc) is 2.15. The lowest BCUT2D eigenvalue weighted by molar-refractivity contribution is -0.131. The number of hydrogen-bond donors (Lipinski definition) is 1. The predicted octanol–water partition coefficient (Wildman–Crippen LogP) is 2.19. The maximum atomic E-state index is 10.3. The molecule has 0 spiro atoms. The molecule has 0 saturated carbocycles. The van der Waals surface area contributed by atoms with Crippen LogP contribution in [0.1, 0.15) is 12.5 Å². The lowest BCUT2D eigenvalue weighted by atomic mass is 10.2. The molecule has 0 amide bonds. The Morgan fingerprint density at radius 3 is 2.64 bits per heavy atom. The molecule has 3 nitrogen and oxygen atoms in total. The van der Waals surface area contributed by atoms with Crippen molar-refractivity contribution in [3.05, 3.63) is 47.7 Å². The Kier molecular flexibility index (Phi) is 3.73. The van der Waals surface area contributed by atoms with Crippen LogP contribution >= 0.6 is 0 Å². The average molecular weight is 192 g/mol. The molecule has 14 heavy (non-hydrogen) atoms. The van der Waals surface area contributed by atoms with Crippen molar-refractivity contribution in [3.63, 3.8) is 0 Å². The minimum absolute atomic E-state index is 0.399. The summed E-state index contributed by atoms with van der Waals surface area (Å²) < 4.78 is 5.22. The van der Waals surface area contributed by atoms with Gasteiger partial charge in [0.15, 0.2) is 0 Å². The Morgan fingerprint density at radius 1 is 1.43 bits per heavy atom. The molecule has 0 aliphatic rings. The predicted molar refractivity (Wildman–Crippen MR) is 52.6 cm³/mol. The van der Waals surface area contributed by atoms with Crippen molar-refractivity contribution >= 4 is 5.97 Å². The zero-order valence-electron chi connectivity index (χ0n) is 7.93. The molecule has 0 heterocycles. The lowest BCUT2D eigenvalue weighted by Crippen LogP contribution is -1.95. The topological polar surface area (TPSA) is 46.5 Å². The summed E-state index contributed by atoms with van der Waals surface area (Å²) in [4.78, 5) is 10.3. The van der Waals surface area contributed by atoms with Crippen LogP contribution in [0.15, 0.2) is 42.2 Å². The van der Waals surface area contributed by atoms with Gasteiger partial charge in [-0.3, -0.25) is 0 Å². The largest absolute Gasteiger partial charge is 0.493 e. The molecule has 0 radical (unpaired) electrons. The van der Waals surface area contributed by atoms with Gasteiger partial charge < -0.3 is 9.84 Å². The van der Waals surface area contributed by atoms with Gasteiger partial charge in [0, 0.05) is 0 Å². The van der Waals surface area contributed by atoms with Crippen molar-refractivity contribution in [3.8, 4) is 0 Å². The van der Waals surface area contributed by atoms with Crippen molar-refractivity contribution in [2.45, 2.75) is 13.5 Å². The first-order valence-corrected chi connectivity index (χ1v) is 4.26. The minimum Gasteiger partial charge on any atom is -0.493 e. The number of ether oxygens (including phenoxy) is 1. The van der Waals surface area contributed by atoms with Crippen molar-refractivity contribution in [2.24, 2.45) is 0 Å². The molecule has 1 aromatic carbocycles. The van der Waals surface area contributed by atoms with Crippen LogP contribution in [0.25, 0.3) is 0 Å². The number of allylic oxidation sites excluding steroid dienone is 1. The number of aliphatic carboxylic acids is 1. The van der Waals surface area contributed by atoms with E-state index in [1.165, 1.54) is 0 Å². The summed E-state index contributed by atoms with van der Waals surface area (Å²) in [5.41, 5.74) is 1.02. The standard InChI is InChI=1S/C11H12O3/c1-9(7-11(12)13)14-8-10-5-3-2-4-6-10/h2-7H,8H2,1H3,(H,12,13)/b9-7-. The Bertz CT molecular complexity index is 328. The number of carboxylic acid groups (broad SMARTS) is 1. The highest BCUT2D eigenvalue weighted by atomic mass is 16.5. The highest BCUT2D eigenvalue weighted by Gasteiger charge is 1.95. The van der Waals surface area contributed by atoms with Gasteiger partial charge in [-0.05, 0) is 12.5 Å². The van der Waals surface area contributed by atoms with Crippen molar-refractivity contribution in [2.75, 3.05) is 0 Å². The summed E-state index contributed by atoms with van der Waals surface area (Å²) in [6.45, 7) is 2.02. The second-order valence-corrected chi connectivity index (χ2v) is 2.87. The molecule has 0 saturated heterocycles. The fourth-order valence-corrected chi connectivity index (χ4v) is 0.987. The van der Waals surface area contributed by atoms with Crippen LogP contribution in [-0.4, -0.2) is 11.1 Å². The SMILES string of the molecule is C/C(=C/C(=O)O)OCc1ccccc1. The molecular formula is C11H12O3. The van der Waals surface area contributed by atoms with Gasteiger partial charge in [-0.25, -0.2) is 4.79 Å². The maximum absolute atomic E-state index is 10.3. The van der Waals surface area contributed by atoms with Gasteiger partial charge in [0.05, 0.1) is 6.08 Å². The van der Waals surface area contributed by atoms with Crippen LogP contribution in [0, 0.1) is 0 Å². The van der Waals surface area contributed by atoms with E-state index in [1.807, 2.05) is 30.3 Å². The minimum atomic E-state index is -0.990. The Morgan fingerprint density at radius 2 is 2.07 bits per heavy atom. The fraction of sp³-hybridized carbons (Fsp3) is 0.182. The third-order valence-corrected chi connectivity index (χ3v) is 1.64. The molecule has 1 N–H and O–H groups in total. The molecule has 1 rings (SSSR count). The zero-order valence-corrected chi connectivity index (χ0v) is 7.93. The van der Waals surface area contributed by atoms with E-state index in [-0.39, 0.29) is 0 Å². The first-order chi connectivity index (χ1) is 6.68. The van der Waals surface area contributed by atoms with E-state index in [2.05, 4.69) is 0 Å². The molecule has 0 bridgehead atoms. The normalized spacial score (nSPS) is 11.1. The summed E-state index contributed by atoms with van der Waals surface area (Å²) in [5.74, 6) is -0.586. The second kappa shape index (κ2) is 5.07. The number of benzene rings is 1. The Hall–Kier alpha value is -1.77. The Balaban J connectivity index is 2.45. The zero-order chi connectivity index (χ0) is 10.4. The van der Waals surface area contributed by atoms with Gasteiger partial charge >= 0.3 is 5.97 Å². The summed E-state index contributed by atoms with van der Waals surface area (Å²) in [6, 6.07) is 9.59. The maximum Gasteiger partial charge on any atom is 0.331 e. The molecule has 0 aliphatic heterocycles. The number of carbonyl (C=O) groups is 1. The van der Waals surface area contributed by atoms with Crippen LogP contribution in [0.2, 0.25) is 0 Å². The van der Waals surface area contributed by atoms with Crippen molar-refractivity contribution in [1.29, 1.82) is 0 Å². The molecule has 0 atom stereocenters. The lowest BCUT2D eigenvalue weighted by Gasteiger charge is -2.04. The van der Waals surface area contributed by atoms with Gasteiger partial charge in [-0.1, -0.05) is 30.3 Å². The van der Waals surface area contributed by atoms with Crippen LogP contribution in [0.5, 0.6) is 0 Å². The van der Waals surface area contributed by atoms with Crippen molar-refractivity contribution in [1.82, 2.24) is 0 Å². The number of rotatable bonds is 4. The molecule has 0 aliphatic carbocycles. The first kappa shape index (κ1) is 10.3. The van der Waals surface area contributed by atoms with Gasteiger partial charge in [-0.2, -0.15) is 0 Å². The Labute approximate surface area is 82.6 Å². The number of carboxylic acids is 1. The van der Waals surface area contributed by atoms with Crippen molar-refractivity contribution < 1.29 is 14.6 Å². The molecule has 3 heteroatoms. The monoisotopic (exact) mass is 192 g/mol. The van der Waals surface area contributed by atoms with Crippen LogP contribution in [0.4, 0.5) is 0 Å². The number of hydrogen-bond acceptors (Lipinski definition) is 2. The highest BCUT2D eigenvalue weighted by Crippen LogP contribution is 2.04. The quantitative estimate of drug-likeness (QED) is 0.587. The van der Waals surface area contributed by atoms with Crippen LogP contribution in [0.3, 0.4) is 0 Å². The molecule has 74 valence electrons. The van der Waals surface area contributed by atoms with E-state index in [0.29, 0.717) is 12.4 Å². The molecular weight excluding hydrogens is 180 g/mol. The van der Waals surface area contributed by atoms with Gasteiger partial charge in [0.1, 0.15) is 12.4 Å². The first-order valence-electron chi connectivity index (χ1n) is 4.26. The van der Waals surface area contributed by atoms with E-state index in [4.69, 9.17) is 9.84 Å². The summed E-state index contributed by atoms with van der Waals surface area (Å²) >= 11 is 0. The fourth-order valence-electron chi connectivity index (χ4n) is 0.987. The third-order valence-electron chi connectivity index (χ3n) is 1.64. The molecule has 0 aromatic heterocycles. The van der Waals surface area contributed by atoms with Gasteiger partial charge in [0.2, 0.25) is 0 Å². The van der Waals surface area contributed by atoms with E-state index < -0.39 is 5.97 Å².